The van der Waals surface area contributed by atoms with E-state index in [4.69, 9.17) is 9.94 Å². The Morgan fingerprint density at radius 3 is 2.61 bits per heavy atom. The first kappa shape index (κ1) is 23.1. The number of rotatable bonds is 6. The molecule has 4 aromatic rings. The van der Waals surface area contributed by atoms with Crippen molar-refractivity contribution in [3.05, 3.63) is 83.4 Å². The van der Waals surface area contributed by atoms with Crippen LogP contribution in [0.25, 0.3) is 16.8 Å². The summed E-state index contributed by atoms with van der Waals surface area (Å²) in [6, 6.07) is 13.5. The highest BCUT2D eigenvalue weighted by atomic mass is 16.6. The summed E-state index contributed by atoms with van der Waals surface area (Å²) in [4.78, 5) is 29.9. The van der Waals surface area contributed by atoms with Gasteiger partial charge in [0.15, 0.2) is 0 Å². The van der Waals surface area contributed by atoms with E-state index in [1.54, 1.807) is 10.9 Å². The molecule has 1 aliphatic rings. The lowest BCUT2D eigenvalue weighted by Gasteiger charge is -2.20. The molecule has 1 unspecified atom stereocenters. The van der Waals surface area contributed by atoms with E-state index in [0.717, 1.165) is 27.9 Å². The summed E-state index contributed by atoms with van der Waals surface area (Å²) in [6.45, 7) is 1.98. The monoisotopic (exact) mass is 487 g/mol. The van der Waals surface area contributed by atoms with E-state index in [2.05, 4.69) is 20.8 Å². The highest BCUT2D eigenvalue weighted by molar-refractivity contribution is 5.98. The van der Waals surface area contributed by atoms with Crippen molar-refractivity contribution in [3.63, 3.8) is 0 Å². The Bertz CT molecular complexity index is 1470. The van der Waals surface area contributed by atoms with Gasteiger partial charge in [-0.25, -0.2) is 4.79 Å². The van der Waals surface area contributed by atoms with E-state index in [9.17, 15) is 14.7 Å². The minimum atomic E-state index is -1.85. The third-order valence-electron chi connectivity index (χ3n) is 6.28. The highest BCUT2D eigenvalue weighted by Gasteiger charge is 2.53. The van der Waals surface area contributed by atoms with E-state index >= 15 is 0 Å². The summed E-state index contributed by atoms with van der Waals surface area (Å²) in [7, 11) is 1.46. The van der Waals surface area contributed by atoms with Crippen LogP contribution in [0.3, 0.4) is 0 Å². The fourth-order valence-corrected chi connectivity index (χ4v) is 4.49. The SMILES string of the molecule is CO[n+]1cc(-c2cc(C)ccc2-n2cnnn2)cc2c1C(O)(C(=O)Nc1ccc(C(=O)O)cc1)CC2. The van der Waals surface area contributed by atoms with Gasteiger partial charge in [0, 0.05) is 28.0 Å². The normalized spacial score (nSPS) is 16.4. The van der Waals surface area contributed by atoms with Crippen LogP contribution in [-0.4, -0.2) is 49.4 Å². The predicted molar refractivity (Wildman–Crippen MR) is 126 cm³/mol. The Kier molecular flexibility index (Phi) is 5.69. The number of carboxylic acid groups (broad SMARTS) is 1. The van der Waals surface area contributed by atoms with Gasteiger partial charge in [-0.1, -0.05) is 11.6 Å². The van der Waals surface area contributed by atoms with Crippen LogP contribution in [0.1, 0.15) is 33.6 Å². The number of aromatic carboxylic acids is 1. The fourth-order valence-electron chi connectivity index (χ4n) is 4.49. The standard InChI is InChI=1S/C25H22N6O5/c1-15-3-8-21(30-14-26-28-29-30)20(11-15)18-12-17-9-10-25(35,22(17)31(13-18)36-2)24(34)27-19-6-4-16(5-7-19)23(32)33/h3-8,11-14,35H,9-10H2,1-2H3,(H-,27,32,33,34)/p+1. The summed E-state index contributed by atoms with van der Waals surface area (Å²) in [6.07, 6.45) is 3.83. The Morgan fingerprint density at radius 1 is 1.17 bits per heavy atom. The van der Waals surface area contributed by atoms with Crippen molar-refractivity contribution in [2.45, 2.75) is 25.4 Å². The first-order chi connectivity index (χ1) is 17.3. The van der Waals surface area contributed by atoms with Gasteiger partial charge in [0.2, 0.25) is 11.8 Å². The van der Waals surface area contributed by atoms with Crippen LogP contribution in [0, 0.1) is 6.92 Å². The van der Waals surface area contributed by atoms with E-state index in [1.165, 1.54) is 42.4 Å². The number of amides is 1. The second-order valence-electron chi connectivity index (χ2n) is 8.58. The number of carbonyl (C=O) groups excluding carboxylic acids is 1. The predicted octanol–water partition coefficient (Wildman–Crippen LogP) is 1.45. The molecule has 1 amide bonds. The van der Waals surface area contributed by atoms with Gasteiger partial charge >= 0.3 is 5.97 Å². The molecule has 0 aliphatic heterocycles. The van der Waals surface area contributed by atoms with Gasteiger partial charge in [-0.05, 0) is 66.2 Å². The number of aryl methyl sites for hydroxylation is 2. The van der Waals surface area contributed by atoms with Gasteiger partial charge in [-0.15, -0.1) is 5.10 Å². The molecule has 0 radical (unpaired) electrons. The zero-order valence-corrected chi connectivity index (χ0v) is 19.5. The van der Waals surface area contributed by atoms with Crippen LogP contribution in [0.2, 0.25) is 0 Å². The maximum absolute atomic E-state index is 13.2. The van der Waals surface area contributed by atoms with Crippen LogP contribution >= 0.6 is 0 Å². The third-order valence-corrected chi connectivity index (χ3v) is 6.28. The van der Waals surface area contributed by atoms with Gasteiger partial charge < -0.3 is 15.5 Å². The smallest absolute Gasteiger partial charge is 0.335 e. The summed E-state index contributed by atoms with van der Waals surface area (Å²) < 4.78 is 2.98. The minimum Gasteiger partial charge on any atom is -0.478 e. The zero-order valence-electron chi connectivity index (χ0n) is 19.5. The third kappa shape index (κ3) is 3.95. The molecule has 11 heteroatoms. The molecule has 0 fully saturated rings. The first-order valence-electron chi connectivity index (χ1n) is 11.2. The van der Waals surface area contributed by atoms with Crippen LogP contribution in [0.15, 0.2) is 61.1 Å². The zero-order chi connectivity index (χ0) is 25.4. The summed E-state index contributed by atoms with van der Waals surface area (Å²) in [5, 5.41) is 34.7. The van der Waals surface area contributed by atoms with Gasteiger partial charge in [0.05, 0.1) is 16.8 Å². The second kappa shape index (κ2) is 8.86. The summed E-state index contributed by atoms with van der Waals surface area (Å²) >= 11 is 0. The molecule has 1 aliphatic carbocycles. The summed E-state index contributed by atoms with van der Waals surface area (Å²) in [5.74, 6) is -1.70. The van der Waals surface area contributed by atoms with Crippen molar-refractivity contribution in [1.29, 1.82) is 0 Å². The molecule has 0 saturated heterocycles. The molecule has 2 aromatic heterocycles. The number of pyridine rings is 1. The number of hydrogen-bond acceptors (Lipinski definition) is 7. The van der Waals surface area contributed by atoms with Crippen molar-refractivity contribution < 1.29 is 29.4 Å². The Balaban J connectivity index is 1.53. The molecule has 5 rings (SSSR count). The van der Waals surface area contributed by atoms with Crippen LogP contribution in [-0.2, 0) is 16.8 Å². The second-order valence-corrected chi connectivity index (χ2v) is 8.58. The molecule has 182 valence electrons. The van der Waals surface area contributed by atoms with Crippen molar-refractivity contribution in [3.8, 4) is 16.8 Å². The van der Waals surface area contributed by atoms with Gasteiger partial charge in [0.1, 0.15) is 13.4 Å². The number of aliphatic hydroxyl groups is 1. The van der Waals surface area contributed by atoms with Crippen molar-refractivity contribution in [2.24, 2.45) is 0 Å². The van der Waals surface area contributed by atoms with Gasteiger partial charge in [-0.2, -0.15) is 4.68 Å². The van der Waals surface area contributed by atoms with Gasteiger partial charge in [-0.3, -0.25) is 9.63 Å². The number of tetrazole rings is 1. The number of benzene rings is 2. The van der Waals surface area contributed by atoms with E-state index < -0.39 is 17.5 Å². The topological polar surface area (TPSA) is 143 Å². The Labute approximate surface area is 205 Å². The molecule has 1 atom stereocenters. The average Bonchev–Trinajstić information content (AvgIpc) is 3.53. The van der Waals surface area contributed by atoms with E-state index in [0.29, 0.717) is 17.8 Å². The van der Waals surface area contributed by atoms with Crippen molar-refractivity contribution in [1.82, 2.24) is 20.2 Å². The molecule has 36 heavy (non-hydrogen) atoms. The Hall–Kier alpha value is -4.64. The van der Waals surface area contributed by atoms with Crippen molar-refractivity contribution in [2.75, 3.05) is 12.4 Å². The number of fused-ring (bicyclic) bond motifs is 1. The molecular weight excluding hydrogens is 464 g/mol. The first-order valence-corrected chi connectivity index (χ1v) is 11.2. The van der Waals surface area contributed by atoms with E-state index in [-0.39, 0.29) is 12.0 Å². The fraction of sp³-hybridized carbons (Fsp3) is 0.200. The lowest BCUT2D eigenvalue weighted by atomic mass is 9.97. The molecule has 0 spiro atoms. The van der Waals surface area contributed by atoms with E-state index in [1.807, 2.05) is 31.2 Å². The molecule has 2 aromatic carbocycles. The quantitative estimate of drug-likeness (QED) is 0.347. The molecule has 0 saturated carbocycles. The summed E-state index contributed by atoms with van der Waals surface area (Å²) in [5.41, 5.74) is 3.19. The largest absolute Gasteiger partial charge is 0.478 e. The highest BCUT2D eigenvalue weighted by Crippen LogP contribution is 2.38. The minimum absolute atomic E-state index is 0.0971. The van der Waals surface area contributed by atoms with Crippen LogP contribution in [0.5, 0.6) is 0 Å². The maximum atomic E-state index is 13.2. The molecule has 3 N–H and O–H groups in total. The number of anilines is 1. The lowest BCUT2D eigenvalue weighted by Crippen LogP contribution is -2.53. The Morgan fingerprint density at radius 2 is 1.94 bits per heavy atom. The van der Waals surface area contributed by atoms with Crippen LogP contribution < -0.4 is 14.9 Å². The average molecular weight is 487 g/mol. The number of carbonyl (C=O) groups is 2. The maximum Gasteiger partial charge on any atom is 0.335 e. The van der Waals surface area contributed by atoms with Crippen molar-refractivity contribution >= 4 is 17.6 Å². The molecule has 2 heterocycles. The number of nitrogens with one attached hydrogen (secondary N) is 1. The number of hydrogen-bond donors (Lipinski definition) is 3. The molecule has 0 bridgehead atoms. The number of carboxylic acids is 1. The molecule has 11 nitrogen and oxygen atoms in total. The number of aromatic nitrogens is 5. The lowest BCUT2D eigenvalue weighted by molar-refractivity contribution is -0.892. The van der Waals surface area contributed by atoms with Gasteiger partial charge in [0.25, 0.3) is 11.6 Å². The number of nitrogens with zero attached hydrogens (tertiary/aromatic N) is 5. The van der Waals surface area contributed by atoms with Crippen LogP contribution in [0.4, 0.5) is 5.69 Å². The molecular formula is C25H23N6O5+.